The summed E-state index contributed by atoms with van der Waals surface area (Å²) in [6, 6.07) is 10.4. The summed E-state index contributed by atoms with van der Waals surface area (Å²) in [4.78, 5) is 26.6. The van der Waals surface area contributed by atoms with Gasteiger partial charge < -0.3 is 19.6 Å². The van der Waals surface area contributed by atoms with Crippen molar-refractivity contribution in [2.45, 2.75) is 19.5 Å². The van der Waals surface area contributed by atoms with Crippen molar-refractivity contribution in [3.8, 4) is 0 Å². The van der Waals surface area contributed by atoms with Gasteiger partial charge in [-0.25, -0.2) is 4.98 Å². The van der Waals surface area contributed by atoms with Crippen LogP contribution in [0.3, 0.4) is 0 Å². The molecule has 3 heterocycles. The monoisotopic (exact) mass is 393 g/mol. The van der Waals surface area contributed by atoms with Crippen LogP contribution in [0, 0.1) is 0 Å². The summed E-state index contributed by atoms with van der Waals surface area (Å²) in [7, 11) is 6.26. The summed E-state index contributed by atoms with van der Waals surface area (Å²) < 4.78 is 0. The first-order valence-corrected chi connectivity index (χ1v) is 10.4. The number of pyridine rings is 1. The predicted octanol–water partition coefficient (Wildman–Crippen LogP) is 2.09. The zero-order chi connectivity index (χ0) is 20.4. The van der Waals surface area contributed by atoms with Crippen LogP contribution < -0.4 is 4.90 Å². The maximum Gasteiger partial charge on any atom is 0.254 e. The molecule has 154 valence electrons. The van der Waals surface area contributed by atoms with Crippen LogP contribution in [0.5, 0.6) is 0 Å². The number of carbonyl (C=O) groups excluding carboxylic acids is 1. The third-order valence-corrected chi connectivity index (χ3v) is 5.89. The number of benzene rings is 1. The topological polar surface area (TPSA) is 42.9 Å². The third kappa shape index (κ3) is 4.43. The van der Waals surface area contributed by atoms with Gasteiger partial charge in [0.25, 0.3) is 5.91 Å². The third-order valence-electron chi connectivity index (χ3n) is 5.89. The number of aromatic nitrogens is 1. The molecule has 6 nitrogen and oxygen atoms in total. The molecule has 2 aliphatic rings. The van der Waals surface area contributed by atoms with Crippen LogP contribution >= 0.6 is 0 Å². The van der Waals surface area contributed by atoms with Gasteiger partial charge >= 0.3 is 0 Å². The molecule has 1 aromatic carbocycles. The summed E-state index contributed by atoms with van der Waals surface area (Å²) in [5, 5.41) is 0. The van der Waals surface area contributed by atoms with Crippen molar-refractivity contribution in [1.82, 2.24) is 19.7 Å². The van der Waals surface area contributed by atoms with Crippen molar-refractivity contribution in [3.63, 3.8) is 0 Å². The zero-order valence-corrected chi connectivity index (χ0v) is 17.8. The Bertz CT molecular complexity index is 856. The maximum atomic E-state index is 13.2. The molecule has 0 bridgehead atoms. The van der Waals surface area contributed by atoms with Gasteiger partial charge in [-0.2, -0.15) is 0 Å². The van der Waals surface area contributed by atoms with Crippen LogP contribution in [0.1, 0.15) is 27.0 Å². The van der Waals surface area contributed by atoms with Crippen molar-refractivity contribution in [1.29, 1.82) is 0 Å². The molecule has 6 heteroatoms. The number of rotatable bonds is 4. The van der Waals surface area contributed by atoms with Gasteiger partial charge in [0.15, 0.2) is 0 Å². The van der Waals surface area contributed by atoms with Gasteiger partial charge in [-0.3, -0.25) is 4.79 Å². The lowest BCUT2D eigenvalue weighted by atomic mass is 9.94. The normalized spacial score (nSPS) is 17.5. The average molecular weight is 394 g/mol. The summed E-state index contributed by atoms with van der Waals surface area (Å²) >= 11 is 0. The number of nitrogens with zero attached hydrogens (tertiary/aromatic N) is 5. The van der Waals surface area contributed by atoms with E-state index in [1.165, 1.54) is 16.7 Å². The van der Waals surface area contributed by atoms with Gasteiger partial charge in [0.05, 0.1) is 0 Å². The van der Waals surface area contributed by atoms with Gasteiger partial charge in [-0.05, 0) is 56.4 Å². The second-order valence-corrected chi connectivity index (χ2v) is 8.47. The smallest absolute Gasteiger partial charge is 0.254 e. The molecule has 1 fully saturated rings. The molecule has 0 unspecified atom stereocenters. The lowest BCUT2D eigenvalue weighted by Crippen LogP contribution is -2.49. The first kappa shape index (κ1) is 19.9. The van der Waals surface area contributed by atoms with E-state index in [4.69, 9.17) is 0 Å². The lowest BCUT2D eigenvalue weighted by Gasteiger charge is -2.36. The Hall–Kier alpha value is -2.44. The fourth-order valence-corrected chi connectivity index (χ4v) is 4.32. The molecule has 0 atom stereocenters. The Morgan fingerprint density at radius 1 is 1.07 bits per heavy atom. The Balaban J connectivity index is 1.40. The van der Waals surface area contributed by atoms with Gasteiger partial charge in [0.2, 0.25) is 0 Å². The first-order valence-electron chi connectivity index (χ1n) is 10.4. The van der Waals surface area contributed by atoms with E-state index < -0.39 is 0 Å². The van der Waals surface area contributed by atoms with Crippen molar-refractivity contribution >= 4 is 11.7 Å². The quantitative estimate of drug-likeness (QED) is 0.796. The highest BCUT2D eigenvalue weighted by molar-refractivity contribution is 5.96. The highest BCUT2D eigenvalue weighted by Gasteiger charge is 2.26. The van der Waals surface area contributed by atoms with Crippen LogP contribution in [-0.2, 0) is 19.5 Å². The molecule has 1 amide bonds. The van der Waals surface area contributed by atoms with E-state index in [9.17, 15) is 4.79 Å². The van der Waals surface area contributed by atoms with E-state index in [1.54, 1.807) is 0 Å². The Kier molecular flexibility index (Phi) is 5.83. The molecule has 1 aromatic heterocycles. The van der Waals surface area contributed by atoms with E-state index in [1.807, 2.05) is 23.2 Å². The molecular weight excluding hydrogens is 362 g/mol. The molecule has 2 aliphatic heterocycles. The number of fused-ring (bicyclic) bond motifs is 1. The summed E-state index contributed by atoms with van der Waals surface area (Å²) in [6.07, 6.45) is 2.91. The number of anilines is 1. The molecular formula is C23H31N5O. The Morgan fingerprint density at radius 2 is 1.86 bits per heavy atom. The van der Waals surface area contributed by atoms with Crippen LogP contribution in [-0.4, -0.2) is 79.5 Å². The number of hydrogen-bond acceptors (Lipinski definition) is 5. The predicted molar refractivity (Wildman–Crippen MR) is 116 cm³/mol. The minimum absolute atomic E-state index is 0.181. The van der Waals surface area contributed by atoms with Crippen molar-refractivity contribution < 1.29 is 4.79 Å². The summed E-state index contributed by atoms with van der Waals surface area (Å²) in [6.45, 7) is 5.97. The minimum atomic E-state index is 0.181. The molecule has 29 heavy (non-hydrogen) atoms. The molecule has 0 radical (unpaired) electrons. The maximum absolute atomic E-state index is 13.2. The average Bonchev–Trinajstić information content (AvgIpc) is 2.73. The molecule has 2 aromatic rings. The first-order chi connectivity index (χ1) is 14.0. The number of carbonyl (C=O) groups is 1. The molecule has 0 N–H and O–H groups in total. The highest BCUT2D eigenvalue weighted by atomic mass is 16.2. The van der Waals surface area contributed by atoms with Crippen LogP contribution in [0.15, 0.2) is 36.5 Å². The number of hydrogen-bond donors (Lipinski definition) is 0. The SMILES string of the molecule is CN(C)Cc1ccc(N2CCN(C(=O)c3cccc4c3CCN(C)C4)CC2)nc1. The number of likely N-dealkylation sites (N-methyl/N-ethyl adjacent to an activating group) is 1. The fraction of sp³-hybridized carbons (Fsp3) is 0.478. The second-order valence-electron chi connectivity index (χ2n) is 8.47. The molecule has 0 aliphatic carbocycles. The van der Waals surface area contributed by atoms with Crippen molar-refractivity contribution in [2.24, 2.45) is 0 Å². The van der Waals surface area contributed by atoms with E-state index in [-0.39, 0.29) is 5.91 Å². The summed E-state index contributed by atoms with van der Waals surface area (Å²) in [5.41, 5.74) is 4.66. The second kappa shape index (κ2) is 8.51. The summed E-state index contributed by atoms with van der Waals surface area (Å²) in [5.74, 6) is 1.18. The van der Waals surface area contributed by atoms with Crippen LogP contribution in [0.25, 0.3) is 0 Å². The van der Waals surface area contributed by atoms with E-state index >= 15 is 0 Å². The van der Waals surface area contributed by atoms with Crippen molar-refractivity contribution in [2.75, 3.05) is 58.8 Å². The highest BCUT2D eigenvalue weighted by Crippen LogP contribution is 2.24. The van der Waals surface area contributed by atoms with E-state index in [2.05, 4.69) is 59.0 Å². The van der Waals surface area contributed by atoms with Gasteiger partial charge in [0, 0.05) is 57.6 Å². The van der Waals surface area contributed by atoms with E-state index in [0.29, 0.717) is 0 Å². The van der Waals surface area contributed by atoms with Crippen LogP contribution in [0.4, 0.5) is 5.82 Å². The Morgan fingerprint density at radius 3 is 2.55 bits per heavy atom. The van der Waals surface area contributed by atoms with Gasteiger partial charge in [0.1, 0.15) is 5.82 Å². The number of piperazine rings is 1. The number of amides is 1. The fourth-order valence-electron chi connectivity index (χ4n) is 4.32. The molecule has 4 rings (SSSR count). The zero-order valence-electron chi connectivity index (χ0n) is 17.8. The molecule has 0 spiro atoms. The minimum Gasteiger partial charge on any atom is -0.353 e. The lowest BCUT2D eigenvalue weighted by molar-refractivity contribution is 0.0744. The molecule has 1 saturated heterocycles. The largest absolute Gasteiger partial charge is 0.353 e. The van der Waals surface area contributed by atoms with Crippen LogP contribution in [0.2, 0.25) is 0 Å². The van der Waals surface area contributed by atoms with Gasteiger partial charge in [-0.1, -0.05) is 18.2 Å². The van der Waals surface area contributed by atoms with Crippen molar-refractivity contribution in [3.05, 3.63) is 58.8 Å². The van der Waals surface area contributed by atoms with E-state index in [0.717, 1.165) is 63.6 Å². The standard InChI is InChI=1S/C23H31N5O/c1-25(2)16-18-7-8-22(24-15-18)27-11-13-28(14-12-27)23(29)21-6-4-5-19-17-26(3)10-9-20(19)21/h4-8,15H,9-14,16-17H2,1-3H3. The Labute approximate surface area is 173 Å². The van der Waals surface area contributed by atoms with Gasteiger partial charge in [-0.15, -0.1) is 0 Å². The molecule has 0 saturated carbocycles.